The molecule has 4 heteroatoms. The molecular formula is C14H18BrNO2. The summed E-state index contributed by atoms with van der Waals surface area (Å²) in [5.74, 6) is 0.803. The summed E-state index contributed by atoms with van der Waals surface area (Å²) in [5.41, 5.74) is 0.658. The quantitative estimate of drug-likeness (QED) is 0.782. The first-order valence-electron chi connectivity index (χ1n) is 6.39. The molecule has 1 aliphatic heterocycles. The van der Waals surface area contributed by atoms with Gasteiger partial charge in [-0.25, -0.2) is 0 Å². The van der Waals surface area contributed by atoms with E-state index in [4.69, 9.17) is 4.74 Å². The maximum absolute atomic E-state index is 10.6. The van der Waals surface area contributed by atoms with Crippen LogP contribution in [0.3, 0.4) is 0 Å². The van der Waals surface area contributed by atoms with Gasteiger partial charge in [0.25, 0.3) is 0 Å². The van der Waals surface area contributed by atoms with Gasteiger partial charge in [0.2, 0.25) is 0 Å². The van der Waals surface area contributed by atoms with E-state index in [1.54, 1.807) is 12.1 Å². The Morgan fingerprint density at radius 2 is 2.06 bits per heavy atom. The number of ether oxygens (including phenoxy) is 1. The molecule has 1 heterocycles. The van der Waals surface area contributed by atoms with Gasteiger partial charge in [-0.1, -0.05) is 6.42 Å². The van der Waals surface area contributed by atoms with Crippen LogP contribution in [-0.4, -0.2) is 37.4 Å². The summed E-state index contributed by atoms with van der Waals surface area (Å²) in [5, 5.41) is 0. The molecule has 0 saturated carbocycles. The fourth-order valence-corrected chi connectivity index (χ4v) is 2.69. The third kappa shape index (κ3) is 3.82. The molecule has 0 radical (unpaired) electrons. The molecule has 0 aromatic heterocycles. The van der Waals surface area contributed by atoms with E-state index in [1.165, 1.54) is 32.4 Å². The van der Waals surface area contributed by atoms with Crippen molar-refractivity contribution in [2.45, 2.75) is 19.3 Å². The molecular weight excluding hydrogens is 294 g/mol. The van der Waals surface area contributed by atoms with Gasteiger partial charge in [0, 0.05) is 12.1 Å². The number of likely N-dealkylation sites (tertiary alicyclic amines) is 1. The van der Waals surface area contributed by atoms with Crippen LogP contribution in [0, 0.1) is 0 Å². The fraction of sp³-hybridized carbons (Fsp3) is 0.500. The highest BCUT2D eigenvalue weighted by Crippen LogP contribution is 2.25. The van der Waals surface area contributed by atoms with Crippen molar-refractivity contribution < 1.29 is 9.53 Å². The highest BCUT2D eigenvalue weighted by atomic mass is 79.9. The van der Waals surface area contributed by atoms with Crippen LogP contribution in [0.2, 0.25) is 0 Å². The number of aldehydes is 1. The molecule has 0 spiro atoms. The van der Waals surface area contributed by atoms with E-state index in [0.29, 0.717) is 12.2 Å². The van der Waals surface area contributed by atoms with Gasteiger partial charge in [-0.05, 0) is 60.1 Å². The van der Waals surface area contributed by atoms with E-state index in [-0.39, 0.29) is 0 Å². The fourth-order valence-electron chi connectivity index (χ4n) is 2.18. The zero-order valence-corrected chi connectivity index (χ0v) is 12.0. The third-order valence-electron chi connectivity index (χ3n) is 3.21. The van der Waals surface area contributed by atoms with Gasteiger partial charge in [0.05, 0.1) is 4.47 Å². The molecule has 0 unspecified atom stereocenters. The van der Waals surface area contributed by atoms with Crippen LogP contribution in [0.4, 0.5) is 0 Å². The largest absolute Gasteiger partial charge is 0.491 e. The standard InChI is InChI=1S/C14H18BrNO2/c15-13-10-12(11-17)4-5-14(13)18-9-8-16-6-2-1-3-7-16/h4-5,10-11H,1-3,6-9H2. The van der Waals surface area contributed by atoms with Crippen molar-refractivity contribution in [2.24, 2.45) is 0 Å². The Bertz CT molecular complexity index is 403. The summed E-state index contributed by atoms with van der Waals surface area (Å²) in [6, 6.07) is 5.39. The number of piperidine rings is 1. The molecule has 0 atom stereocenters. The minimum atomic E-state index is 0.658. The van der Waals surface area contributed by atoms with E-state index in [0.717, 1.165) is 23.1 Å². The number of rotatable bonds is 5. The number of carbonyl (C=O) groups excluding carboxylic acids is 1. The molecule has 0 aliphatic carbocycles. The lowest BCUT2D eigenvalue weighted by Crippen LogP contribution is -2.33. The van der Waals surface area contributed by atoms with Crippen LogP contribution >= 0.6 is 15.9 Å². The number of hydrogen-bond acceptors (Lipinski definition) is 3. The first kappa shape index (κ1) is 13.6. The summed E-state index contributed by atoms with van der Waals surface area (Å²) in [4.78, 5) is 13.1. The highest BCUT2D eigenvalue weighted by Gasteiger charge is 2.10. The van der Waals surface area contributed by atoms with Crippen molar-refractivity contribution in [3.8, 4) is 5.75 Å². The predicted octanol–water partition coefficient (Wildman–Crippen LogP) is 3.13. The number of benzene rings is 1. The molecule has 1 aliphatic rings. The minimum Gasteiger partial charge on any atom is -0.491 e. The summed E-state index contributed by atoms with van der Waals surface area (Å²) >= 11 is 3.42. The Morgan fingerprint density at radius 1 is 1.28 bits per heavy atom. The molecule has 1 saturated heterocycles. The van der Waals surface area contributed by atoms with Crippen LogP contribution in [-0.2, 0) is 0 Å². The van der Waals surface area contributed by atoms with Crippen molar-refractivity contribution in [3.63, 3.8) is 0 Å². The van der Waals surface area contributed by atoms with Crippen molar-refractivity contribution in [2.75, 3.05) is 26.2 Å². The summed E-state index contributed by atoms with van der Waals surface area (Å²) < 4.78 is 6.57. The number of carbonyl (C=O) groups is 1. The average molecular weight is 312 g/mol. The topological polar surface area (TPSA) is 29.5 Å². The van der Waals surface area contributed by atoms with Gasteiger partial charge >= 0.3 is 0 Å². The van der Waals surface area contributed by atoms with Crippen molar-refractivity contribution in [1.29, 1.82) is 0 Å². The second-order valence-electron chi connectivity index (χ2n) is 4.56. The normalized spacial score (nSPS) is 16.5. The molecule has 18 heavy (non-hydrogen) atoms. The Labute approximate surface area is 116 Å². The molecule has 1 fully saturated rings. The van der Waals surface area contributed by atoms with Crippen LogP contribution in [0.25, 0.3) is 0 Å². The summed E-state index contributed by atoms with van der Waals surface area (Å²) in [7, 11) is 0. The average Bonchev–Trinajstić information content (AvgIpc) is 2.42. The molecule has 3 nitrogen and oxygen atoms in total. The van der Waals surface area contributed by atoms with Crippen LogP contribution in [0.5, 0.6) is 5.75 Å². The maximum atomic E-state index is 10.6. The van der Waals surface area contributed by atoms with E-state index >= 15 is 0 Å². The van der Waals surface area contributed by atoms with Crippen LogP contribution < -0.4 is 4.74 Å². The predicted molar refractivity (Wildman–Crippen MR) is 75.3 cm³/mol. The second kappa shape index (κ2) is 6.90. The maximum Gasteiger partial charge on any atom is 0.150 e. The molecule has 1 aromatic carbocycles. The summed E-state index contributed by atoms with van der Waals surface area (Å²) in [6.45, 7) is 4.05. The first-order valence-corrected chi connectivity index (χ1v) is 7.19. The smallest absolute Gasteiger partial charge is 0.150 e. The number of nitrogens with zero attached hydrogens (tertiary/aromatic N) is 1. The van der Waals surface area contributed by atoms with Gasteiger partial charge in [0.1, 0.15) is 18.6 Å². The zero-order valence-electron chi connectivity index (χ0n) is 10.4. The SMILES string of the molecule is O=Cc1ccc(OCCN2CCCCC2)c(Br)c1. The minimum absolute atomic E-state index is 0.658. The lowest BCUT2D eigenvalue weighted by Gasteiger charge is -2.26. The third-order valence-corrected chi connectivity index (χ3v) is 3.83. The Morgan fingerprint density at radius 3 is 2.72 bits per heavy atom. The van der Waals surface area contributed by atoms with E-state index in [9.17, 15) is 4.79 Å². The number of halogens is 1. The Hall–Kier alpha value is -0.870. The zero-order chi connectivity index (χ0) is 12.8. The molecule has 0 amide bonds. The monoisotopic (exact) mass is 311 g/mol. The molecule has 0 bridgehead atoms. The lowest BCUT2D eigenvalue weighted by molar-refractivity contribution is 0.112. The van der Waals surface area contributed by atoms with Gasteiger partial charge in [-0.3, -0.25) is 9.69 Å². The van der Waals surface area contributed by atoms with E-state index in [1.807, 2.05) is 6.07 Å². The van der Waals surface area contributed by atoms with E-state index in [2.05, 4.69) is 20.8 Å². The van der Waals surface area contributed by atoms with Gasteiger partial charge in [0.15, 0.2) is 0 Å². The Balaban J connectivity index is 1.80. The molecule has 0 N–H and O–H groups in total. The molecule has 98 valence electrons. The Kier molecular flexibility index (Phi) is 5.20. The van der Waals surface area contributed by atoms with Gasteiger partial charge < -0.3 is 4.74 Å². The lowest BCUT2D eigenvalue weighted by atomic mass is 10.1. The highest BCUT2D eigenvalue weighted by molar-refractivity contribution is 9.10. The van der Waals surface area contributed by atoms with Crippen LogP contribution in [0.15, 0.2) is 22.7 Å². The summed E-state index contributed by atoms with van der Waals surface area (Å²) in [6.07, 6.45) is 4.80. The molecule has 2 rings (SSSR count). The van der Waals surface area contributed by atoms with Crippen molar-refractivity contribution in [3.05, 3.63) is 28.2 Å². The molecule has 1 aromatic rings. The van der Waals surface area contributed by atoms with E-state index < -0.39 is 0 Å². The number of hydrogen-bond donors (Lipinski definition) is 0. The van der Waals surface area contributed by atoms with Crippen molar-refractivity contribution in [1.82, 2.24) is 4.90 Å². The van der Waals surface area contributed by atoms with Crippen molar-refractivity contribution >= 4 is 22.2 Å². The van der Waals surface area contributed by atoms with Gasteiger partial charge in [-0.15, -0.1) is 0 Å². The van der Waals surface area contributed by atoms with Gasteiger partial charge in [-0.2, -0.15) is 0 Å². The first-order chi connectivity index (χ1) is 8.79. The second-order valence-corrected chi connectivity index (χ2v) is 5.41. The van der Waals surface area contributed by atoms with Crippen LogP contribution in [0.1, 0.15) is 29.6 Å².